The second-order valence-corrected chi connectivity index (χ2v) is 5.60. The molecule has 1 aliphatic carbocycles. The van der Waals surface area contributed by atoms with Gasteiger partial charge in [0.2, 0.25) is 0 Å². The Morgan fingerprint density at radius 1 is 1.13 bits per heavy atom. The number of halogens is 1. The van der Waals surface area contributed by atoms with E-state index >= 15 is 0 Å². The summed E-state index contributed by atoms with van der Waals surface area (Å²) in [6.07, 6.45) is 2.75. The molecule has 120 valence electrons. The van der Waals surface area contributed by atoms with Crippen molar-refractivity contribution in [1.29, 1.82) is 0 Å². The van der Waals surface area contributed by atoms with Crippen molar-refractivity contribution < 1.29 is 4.52 Å². The van der Waals surface area contributed by atoms with Crippen LogP contribution < -0.4 is 16.9 Å². The monoisotopic (exact) mass is 335 g/mol. The number of nitrogens with two attached hydrogens (primary N) is 1. The van der Waals surface area contributed by atoms with E-state index in [0.717, 1.165) is 19.3 Å². The van der Waals surface area contributed by atoms with Crippen LogP contribution in [0, 0.1) is 0 Å². The van der Waals surface area contributed by atoms with Crippen molar-refractivity contribution in [2.75, 3.05) is 0 Å². The van der Waals surface area contributed by atoms with Gasteiger partial charge >= 0.3 is 11.1 Å². The molecule has 0 unspecified atom stereocenters. The standard InChI is InChI=1S/C14H13N5O3.ClH/c15-14(4-1-5-14)13-18-12(22-19-13)7-2-3-8-9(6-7)17-11(21)10(20)16-8;/h2-3,6H,1,4-5,15H2,(H,16,20)(H,17,21);1H. The lowest BCUT2D eigenvalue weighted by Gasteiger charge is -2.34. The molecule has 0 atom stereocenters. The Morgan fingerprint density at radius 2 is 1.83 bits per heavy atom. The minimum Gasteiger partial charge on any atom is -0.334 e. The van der Waals surface area contributed by atoms with Gasteiger partial charge in [-0.05, 0) is 37.5 Å². The molecule has 1 saturated carbocycles. The Morgan fingerprint density at radius 3 is 2.48 bits per heavy atom. The summed E-state index contributed by atoms with van der Waals surface area (Å²) >= 11 is 0. The van der Waals surface area contributed by atoms with Gasteiger partial charge in [-0.15, -0.1) is 12.4 Å². The summed E-state index contributed by atoms with van der Waals surface area (Å²) in [5.74, 6) is 0.837. The summed E-state index contributed by atoms with van der Waals surface area (Å²) in [6, 6.07) is 5.08. The normalized spacial score (nSPS) is 15.9. The highest BCUT2D eigenvalue weighted by molar-refractivity contribution is 5.85. The number of aromatic nitrogens is 4. The first kappa shape index (κ1) is 15.4. The molecular weight excluding hydrogens is 322 g/mol. The molecule has 8 nitrogen and oxygen atoms in total. The molecule has 1 fully saturated rings. The van der Waals surface area contributed by atoms with E-state index in [-0.39, 0.29) is 12.4 Å². The molecule has 0 radical (unpaired) electrons. The van der Waals surface area contributed by atoms with Gasteiger partial charge in [-0.25, -0.2) is 0 Å². The Labute approximate surface area is 135 Å². The van der Waals surface area contributed by atoms with E-state index in [0.29, 0.717) is 28.3 Å². The van der Waals surface area contributed by atoms with E-state index in [1.807, 2.05) is 0 Å². The van der Waals surface area contributed by atoms with Gasteiger partial charge in [-0.2, -0.15) is 4.98 Å². The maximum atomic E-state index is 11.4. The highest BCUT2D eigenvalue weighted by atomic mass is 35.5. The SMILES string of the molecule is Cl.NC1(c2noc(-c3ccc4[nH]c(=O)c(=O)[nH]c4c3)n2)CCC1. The predicted molar refractivity (Wildman–Crippen MR) is 85.4 cm³/mol. The van der Waals surface area contributed by atoms with Crippen LogP contribution in [0.4, 0.5) is 0 Å². The third-order valence-corrected chi connectivity index (χ3v) is 4.09. The van der Waals surface area contributed by atoms with Crippen molar-refractivity contribution in [3.8, 4) is 11.5 Å². The number of nitrogens with zero attached hydrogens (tertiary/aromatic N) is 2. The summed E-state index contributed by atoms with van der Waals surface area (Å²) in [4.78, 5) is 32.0. The molecule has 4 rings (SSSR count). The van der Waals surface area contributed by atoms with Crippen molar-refractivity contribution in [3.05, 3.63) is 44.7 Å². The molecule has 0 saturated heterocycles. The van der Waals surface area contributed by atoms with Crippen LogP contribution in [0.1, 0.15) is 25.1 Å². The molecule has 0 spiro atoms. The highest BCUT2D eigenvalue weighted by Gasteiger charge is 2.39. The summed E-state index contributed by atoms with van der Waals surface area (Å²) in [5, 5.41) is 3.96. The first-order chi connectivity index (χ1) is 10.5. The summed E-state index contributed by atoms with van der Waals surface area (Å²) in [6.45, 7) is 0. The third-order valence-electron chi connectivity index (χ3n) is 4.09. The Hall–Kier alpha value is -2.45. The van der Waals surface area contributed by atoms with Crippen molar-refractivity contribution in [2.45, 2.75) is 24.8 Å². The van der Waals surface area contributed by atoms with E-state index in [1.54, 1.807) is 18.2 Å². The van der Waals surface area contributed by atoms with E-state index < -0.39 is 16.7 Å². The fourth-order valence-electron chi connectivity index (χ4n) is 2.57. The number of benzene rings is 1. The molecule has 23 heavy (non-hydrogen) atoms. The first-order valence-electron chi connectivity index (χ1n) is 6.95. The predicted octanol–water partition coefficient (Wildman–Crippen LogP) is 1.03. The van der Waals surface area contributed by atoms with Crippen LogP contribution in [-0.2, 0) is 5.54 Å². The van der Waals surface area contributed by atoms with Gasteiger partial charge in [0.05, 0.1) is 16.6 Å². The minimum absolute atomic E-state index is 0. The molecular formula is C14H14ClN5O3. The Balaban J connectivity index is 0.00000156. The van der Waals surface area contributed by atoms with Crippen LogP contribution in [0.25, 0.3) is 22.5 Å². The fourth-order valence-corrected chi connectivity index (χ4v) is 2.57. The zero-order valence-electron chi connectivity index (χ0n) is 12.0. The number of hydrogen-bond donors (Lipinski definition) is 3. The number of aromatic amines is 2. The topological polar surface area (TPSA) is 131 Å². The zero-order chi connectivity index (χ0) is 15.3. The lowest BCUT2D eigenvalue weighted by molar-refractivity contribution is 0.229. The van der Waals surface area contributed by atoms with Crippen molar-refractivity contribution in [2.24, 2.45) is 5.73 Å². The van der Waals surface area contributed by atoms with Crippen molar-refractivity contribution in [3.63, 3.8) is 0 Å². The van der Waals surface area contributed by atoms with Crippen LogP contribution in [0.2, 0.25) is 0 Å². The maximum Gasteiger partial charge on any atom is 0.314 e. The first-order valence-corrected chi connectivity index (χ1v) is 6.95. The van der Waals surface area contributed by atoms with Crippen LogP contribution in [-0.4, -0.2) is 20.1 Å². The molecule has 0 bridgehead atoms. The Kier molecular flexibility index (Phi) is 3.57. The Bertz CT molecular complexity index is 986. The molecule has 1 aromatic carbocycles. The van der Waals surface area contributed by atoms with Crippen molar-refractivity contribution in [1.82, 2.24) is 20.1 Å². The largest absolute Gasteiger partial charge is 0.334 e. The molecule has 3 aromatic rings. The molecule has 2 aromatic heterocycles. The van der Waals surface area contributed by atoms with Gasteiger partial charge in [0, 0.05) is 5.56 Å². The highest BCUT2D eigenvalue weighted by Crippen LogP contribution is 2.37. The zero-order valence-corrected chi connectivity index (χ0v) is 12.8. The summed E-state index contributed by atoms with van der Waals surface area (Å²) < 4.78 is 5.27. The number of rotatable bonds is 2. The van der Waals surface area contributed by atoms with E-state index in [2.05, 4.69) is 20.1 Å². The van der Waals surface area contributed by atoms with Gasteiger partial charge in [0.15, 0.2) is 5.82 Å². The quantitative estimate of drug-likeness (QED) is 0.599. The fraction of sp³-hybridized carbons (Fsp3) is 0.286. The maximum absolute atomic E-state index is 11.4. The molecule has 1 aliphatic rings. The minimum atomic E-state index is -0.703. The number of H-pyrrole nitrogens is 2. The van der Waals surface area contributed by atoms with Crippen LogP contribution in [0.3, 0.4) is 0 Å². The third kappa shape index (κ3) is 2.45. The van der Waals surface area contributed by atoms with Crippen LogP contribution >= 0.6 is 12.4 Å². The number of nitrogens with one attached hydrogen (secondary N) is 2. The lowest BCUT2D eigenvalue weighted by Crippen LogP contribution is -2.44. The van der Waals surface area contributed by atoms with Gasteiger partial charge in [0.1, 0.15) is 0 Å². The summed E-state index contributed by atoms with van der Waals surface area (Å²) in [5.41, 5.74) is 5.97. The van der Waals surface area contributed by atoms with Gasteiger partial charge < -0.3 is 20.2 Å². The smallest absolute Gasteiger partial charge is 0.314 e. The van der Waals surface area contributed by atoms with Gasteiger partial charge in [0.25, 0.3) is 5.89 Å². The van der Waals surface area contributed by atoms with Gasteiger partial charge in [-0.1, -0.05) is 5.16 Å². The second-order valence-electron chi connectivity index (χ2n) is 5.60. The number of hydrogen-bond acceptors (Lipinski definition) is 6. The second kappa shape index (κ2) is 5.32. The van der Waals surface area contributed by atoms with Gasteiger partial charge in [-0.3, -0.25) is 9.59 Å². The average molecular weight is 336 g/mol. The molecule has 0 aliphatic heterocycles. The molecule has 0 amide bonds. The lowest BCUT2D eigenvalue weighted by atomic mass is 9.77. The number of fused-ring (bicyclic) bond motifs is 1. The van der Waals surface area contributed by atoms with E-state index in [1.165, 1.54) is 0 Å². The van der Waals surface area contributed by atoms with Crippen LogP contribution in [0.15, 0.2) is 32.3 Å². The van der Waals surface area contributed by atoms with Crippen LogP contribution in [0.5, 0.6) is 0 Å². The molecule has 2 heterocycles. The van der Waals surface area contributed by atoms with E-state index in [9.17, 15) is 9.59 Å². The van der Waals surface area contributed by atoms with Crippen molar-refractivity contribution >= 4 is 23.4 Å². The van der Waals surface area contributed by atoms with E-state index in [4.69, 9.17) is 10.3 Å². The summed E-state index contributed by atoms with van der Waals surface area (Å²) in [7, 11) is 0. The molecule has 9 heteroatoms. The average Bonchev–Trinajstić information content (AvgIpc) is 2.96. The molecule has 4 N–H and O–H groups in total.